The van der Waals surface area contributed by atoms with Crippen LogP contribution >= 0.6 is 0 Å². The molecule has 0 fully saturated rings. The minimum Gasteiger partial charge on any atom is -0.356 e. The molecular formula is C20H33NO. The fraction of sp³-hybridized carbons (Fsp3) is 0.650. The summed E-state index contributed by atoms with van der Waals surface area (Å²) < 4.78 is 0. The number of hydrogen-bond donors (Lipinski definition) is 1. The van der Waals surface area contributed by atoms with E-state index in [0.29, 0.717) is 11.8 Å². The summed E-state index contributed by atoms with van der Waals surface area (Å²) >= 11 is 0. The van der Waals surface area contributed by atoms with Crippen molar-refractivity contribution < 1.29 is 4.79 Å². The highest BCUT2D eigenvalue weighted by Crippen LogP contribution is 2.22. The largest absolute Gasteiger partial charge is 0.356 e. The Morgan fingerprint density at radius 2 is 1.64 bits per heavy atom. The lowest BCUT2D eigenvalue weighted by Crippen LogP contribution is -2.25. The van der Waals surface area contributed by atoms with Gasteiger partial charge in [0.2, 0.25) is 5.91 Å². The fourth-order valence-corrected chi connectivity index (χ4v) is 2.48. The van der Waals surface area contributed by atoms with E-state index in [4.69, 9.17) is 0 Å². The smallest absolute Gasteiger partial charge is 0.220 e. The van der Waals surface area contributed by atoms with Crippen LogP contribution in [0, 0.1) is 12.3 Å². The van der Waals surface area contributed by atoms with E-state index in [-0.39, 0.29) is 5.91 Å². The molecule has 2 heteroatoms. The van der Waals surface area contributed by atoms with Gasteiger partial charge in [0.25, 0.3) is 0 Å². The molecule has 124 valence electrons. The first-order valence-electron chi connectivity index (χ1n) is 8.69. The quantitative estimate of drug-likeness (QED) is 0.636. The lowest BCUT2D eigenvalue weighted by atomic mass is 9.89. The van der Waals surface area contributed by atoms with Crippen LogP contribution in [0.4, 0.5) is 0 Å². The number of nitrogens with one attached hydrogen (secondary N) is 1. The van der Waals surface area contributed by atoms with Crippen molar-refractivity contribution in [2.45, 2.75) is 72.6 Å². The number of rotatable bonds is 9. The number of carbonyl (C=O) groups excluding carboxylic acids is 1. The average Bonchev–Trinajstić information content (AvgIpc) is 2.44. The van der Waals surface area contributed by atoms with Crippen LogP contribution < -0.4 is 5.32 Å². The Balaban J connectivity index is 2.01. The van der Waals surface area contributed by atoms with Crippen molar-refractivity contribution in [3.63, 3.8) is 0 Å². The van der Waals surface area contributed by atoms with Crippen LogP contribution in [-0.2, 0) is 11.2 Å². The number of unbranched alkanes of at least 4 members (excludes halogenated alkanes) is 3. The Hall–Kier alpha value is -1.31. The summed E-state index contributed by atoms with van der Waals surface area (Å²) in [5.74, 6) is 0.197. The monoisotopic (exact) mass is 303 g/mol. The molecule has 0 atom stereocenters. The molecule has 0 aliphatic heterocycles. The summed E-state index contributed by atoms with van der Waals surface area (Å²) in [6.07, 6.45) is 7.56. The average molecular weight is 303 g/mol. The van der Waals surface area contributed by atoms with Gasteiger partial charge in [0.1, 0.15) is 0 Å². The van der Waals surface area contributed by atoms with Crippen molar-refractivity contribution in [1.29, 1.82) is 0 Å². The van der Waals surface area contributed by atoms with Crippen molar-refractivity contribution in [1.82, 2.24) is 5.32 Å². The van der Waals surface area contributed by atoms with Crippen molar-refractivity contribution in [2.75, 3.05) is 6.54 Å². The first-order valence-corrected chi connectivity index (χ1v) is 8.69. The van der Waals surface area contributed by atoms with Gasteiger partial charge in [-0.05, 0) is 37.2 Å². The SMILES string of the molecule is Cc1ccc(CCNC(=O)CCCCCCC(C)(C)C)cc1. The Labute approximate surface area is 136 Å². The number of aryl methyl sites for hydroxylation is 1. The Morgan fingerprint density at radius 3 is 2.27 bits per heavy atom. The first-order chi connectivity index (χ1) is 10.4. The van der Waals surface area contributed by atoms with Crippen LogP contribution in [-0.4, -0.2) is 12.5 Å². The molecule has 0 aliphatic rings. The minimum atomic E-state index is 0.197. The molecule has 0 unspecified atom stereocenters. The number of benzene rings is 1. The van der Waals surface area contributed by atoms with Gasteiger partial charge in [0, 0.05) is 13.0 Å². The number of hydrogen-bond acceptors (Lipinski definition) is 1. The summed E-state index contributed by atoms with van der Waals surface area (Å²) in [6, 6.07) is 8.51. The molecule has 22 heavy (non-hydrogen) atoms. The molecule has 1 N–H and O–H groups in total. The van der Waals surface area contributed by atoms with E-state index in [9.17, 15) is 4.79 Å². The lowest BCUT2D eigenvalue weighted by Gasteiger charge is -2.17. The van der Waals surface area contributed by atoms with Crippen molar-refractivity contribution in [3.05, 3.63) is 35.4 Å². The van der Waals surface area contributed by atoms with Crippen LogP contribution in [0.2, 0.25) is 0 Å². The Kier molecular flexibility index (Phi) is 8.22. The van der Waals surface area contributed by atoms with E-state index in [0.717, 1.165) is 19.4 Å². The standard InChI is InChI=1S/C20H33NO/c1-17-10-12-18(13-11-17)14-16-21-19(22)9-7-5-6-8-15-20(2,3)4/h10-13H,5-9,14-16H2,1-4H3,(H,21,22). The van der Waals surface area contributed by atoms with E-state index in [1.807, 2.05) is 0 Å². The first kappa shape index (κ1) is 18.7. The summed E-state index contributed by atoms with van der Waals surface area (Å²) in [6.45, 7) is 9.69. The van der Waals surface area contributed by atoms with Gasteiger partial charge in [-0.3, -0.25) is 4.79 Å². The molecule has 1 aromatic carbocycles. The maximum absolute atomic E-state index is 11.8. The van der Waals surface area contributed by atoms with Gasteiger partial charge in [-0.1, -0.05) is 69.9 Å². The summed E-state index contributed by atoms with van der Waals surface area (Å²) in [4.78, 5) is 11.8. The maximum atomic E-state index is 11.8. The second-order valence-electron chi connectivity index (χ2n) is 7.56. The van der Waals surface area contributed by atoms with Gasteiger partial charge in [0.05, 0.1) is 0 Å². The van der Waals surface area contributed by atoms with Crippen molar-refractivity contribution in [3.8, 4) is 0 Å². The van der Waals surface area contributed by atoms with Gasteiger partial charge in [-0.15, -0.1) is 0 Å². The second kappa shape index (κ2) is 9.66. The molecule has 0 bridgehead atoms. The summed E-state index contributed by atoms with van der Waals surface area (Å²) in [5.41, 5.74) is 3.00. The predicted octanol–water partition coefficient (Wildman–Crippen LogP) is 5.04. The molecule has 0 saturated carbocycles. The van der Waals surface area contributed by atoms with Crippen LogP contribution in [0.15, 0.2) is 24.3 Å². The minimum absolute atomic E-state index is 0.197. The third-order valence-corrected chi connectivity index (χ3v) is 3.94. The van der Waals surface area contributed by atoms with Gasteiger partial charge < -0.3 is 5.32 Å². The predicted molar refractivity (Wildman–Crippen MR) is 95.0 cm³/mol. The zero-order valence-electron chi connectivity index (χ0n) is 14.9. The van der Waals surface area contributed by atoms with E-state index >= 15 is 0 Å². The van der Waals surface area contributed by atoms with Crippen LogP contribution in [0.3, 0.4) is 0 Å². The van der Waals surface area contributed by atoms with Crippen LogP contribution in [0.5, 0.6) is 0 Å². The lowest BCUT2D eigenvalue weighted by molar-refractivity contribution is -0.121. The highest BCUT2D eigenvalue weighted by atomic mass is 16.1. The molecule has 0 spiro atoms. The van der Waals surface area contributed by atoms with E-state index in [2.05, 4.69) is 57.3 Å². The van der Waals surface area contributed by atoms with Crippen molar-refractivity contribution in [2.24, 2.45) is 5.41 Å². The van der Waals surface area contributed by atoms with Gasteiger partial charge in [-0.25, -0.2) is 0 Å². The van der Waals surface area contributed by atoms with Crippen LogP contribution in [0.1, 0.15) is 70.4 Å². The maximum Gasteiger partial charge on any atom is 0.220 e. The van der Waals surface area contributed by atoms with Gasteiger partial charge in [-0.2, -0.15) is 0 Å². The molecular weight excluding hydrogens is 270 g/mol. The fourth-order valence-electron chi connectivity index (χ4n) is 2.48. The highest BCUT2D eigenvalue weighted by Gasteiger charge is 2.08. The number of carbonyl (C=O) groups is 1. The molecule has 1 amide bonds. The Morgan fingerprint density at radius 1 is 1.00 bits per heavy atom. The van der Waals surface area contributed by atoms with E-state index in [1.54, 1.807) is 0 Å². The molecule has 0 radical (unpaired) electrons. The Bertz CT molecular complexity index is 428. The topological polar surface area (TPSA) is 29.1 Å². The molecule has 0 heterocycles. The molecule has 0 aliphatic carbocycles. The second-order valence-corrected chi connectivity index (χ2v) is 7.56. The summed E-state index contributed by atoms with van der Waals surface area (Å²) in [7, 11) is 0. The summed E-state index contributed by atoms with van der Waals surface area (Å²) in [5, 5.41) is 3.02. The zero-order valence-corrected chi connectivity index (χ0v) is 14.9. The third-order valence-electron chi connectivity index (χ3n) is 3.94. The van der Waals surface area contributed by atoms with Gasteiger partial charge >= 0.3 is 0 Å². The molecule has 2 nitrogen and oxygen atoms in total. The highest BCUT2D eigenvalue weighted by molar-refractivity contribution is 5.75. The molecule has 1 aromatic rings. The number of amides is 1. The zero-order chi connectivity index (χ0) is 16.4. The van der Waals surface area contributed by atoms with Crippen molar-refractivity contribution >= 4 is 5.91 Å². The normalized spacial score (nSPS) is 11.5. The molecule has 0 aromatic heterocycles. The van der Waals surface area contributed by atoms with Crippen LogP contribution in [0.25, 0.3) is 0 Å². The molecule has 0 saturated heterocycles. The van der Waals surface area contributed by atoms with E-state index < -0.39 is 0 Å². The molecule has 1 rings (SSSR count). The third kappa shape index (κ3) is 9.59. The van der Waals surface area contributed by atoms with Gasteiger partial charge in [0.15, 0.2) is 0 Å². The van der Waals surface area contributed by atoms with E-state index in [1.165, 1.54) is 36.8 Å².